The summed E-state index contributed by atoms with van der Waals surface area (Å²) >= 11 is 0. The van der Waals surface area contributed by atoms with Crippen molar-refractivity contribution >= 4 is 16.9 Å². The number of rotatable bonds is 1. The van der Waals surface area contributed by atoms with Crippen molar-refractivity contribution < 1.29 is 4.79 Å². The van der Waals surface area contributed by atoms with E-state index < -0.39 is 11.2 Å². The van der Waals surface area contributed by atoms with Gasteiger partial charge in [-0.25, -0.2) is 9.78 Å². The summed E-state index contributed by atoms with van der Waals surface area (Å²) in [6.07, 6.45) is 1.11. The van der Waals surface area contributed by atoms with Gasteiger partial charge in [-0.05, 0) is 30.4 Å². The number of carbonyl (C=O) groups is 1. The predicted octanol–water partition coefficient (Wildman–Crippen LogP) is 0.750. The second kappa shape index (κ2) is 5.89. The van der Waals surface area contributed by atoms with Crippen molar-refractivity contribution in [1.82, 2.24) is 19.0 Å². The molecule has 2 atom stereocenters. The first kappa shape index (κ1) is 16.4. The molecule has 0 spiro atoms. The van der Waals surface area contributed by atoms with Crippen molar-refractivity contribution in [1.29, 1.82) is 0 Å². The molecule has 2 aromatic heterocycles. The van der Waals surface area contributed by atoms with Gasteiger partial charge in [-0.15, -0.1) is 0 Å². The minimum Gasteiger partial charge on any atom is -0.337 e. The molecule has 0 bridgehead atoms. The Morgan fingerprint density at radius 3 is 2.33 bits per heavy atom. The van der Waals surface area contributed by atoms with Gasteiger partial charge >= 0.3 is 5.69 Å². The van der Waals surface area contributed by atoms with Crippen molar-refractivity contribution in [2.75, 3.05) is 13.1 Å². The summed E-state index contributed by atoms with van der Waals surface area (Å²) in [7, 11) is 2.98. The highest BCUT2D eigenvalue weighted by atomic mass is 16.2. The summed E-state index contributed by atoms with van der Waals surface area (Å²) in [6, 6.07) is 3.15. The highest BCUT2D eigenvalue weighted by Crippen LogP contribution is 2.22. The second-order valence-corrected chi connectivity index (χ2v) is 6.93. The fourth-order valence-corrected chi connectivity index (χ4v) is 3.56. The van der Waals surface area contributed by atoms with E-state index in [2.05, 4.69) is 18.8 Å². The topological polar surface area (TPSA) is 77.2 Å². The van der Waals surface area contributed by atoms with E-state index in [0.29, 0.717) is 30.3 Å². The van der Waals surface area contributed by atoms with E-state index in [4.69, 9.17) is 0 Å². The minimum atomic E-state index is -0.454. The molecule has 7 heteroatoms. The van der Waals surface area contributed by atoms with Crippen LogP contribution in [-0.4, -0.2) is 38.0 Å². The van der Waals surface area contributed by atoms with Gasteiger partial charge in [0.1, 0.15) is 11.3 Å². The number of amides is 1. The standard InChI is InChI=1S/C17H22N4O3/c1-10-7-11(2)9-21(8-10)16(23)13-6-5-12-14(18-13)19(3)17(24)20(4)15(12)22/h5-6,10-11H,7-9H2,1-4H3/t10-,11-/m0/s1. The van der Waals surface area contributed by atoms with Gasteiger partial charge in [0, 0.05) is 27.2 Å². The molecule has 1 fully saturated rings. The van der Waals surface area contributed by atoms with Crippen molar-refractivity contribution in [3.63, 3.8) is 0 Å². The molecule has 0 radical (unpaired) electrons. The summed E-state index contributed by atoms with van der Waals surface area (Å²) < 4.78 is 2.34. The lowest BCUT2D eigenvalue weighted by Crippen LogP contribution is -2.43. The summed E-state index contributed by atoms with van der Waals surface area (Å²) in [4.78, 5) is 43.2. The van der Waals surface area contributed by atoms with Gasteiger partial charge in [0.05, 0.1) is 5.39 Å². The van der Waals surface area contributed by atoms with Crippen LogP contribution < -0.4 is 11.2 Å². The number of hydrogen-bond donors (Lipinski definition) is 0. The molecule has 0 N–H and O–H groups in total. The minimum absolute atomic E-state index is 0.150. The lowest BCUT2D eigenvalue weighted by Gasteiger charge is -2.34. The molecule has 0 saturated carbocycles. The normalized spacial score (nSPS) is 21.2. The number of carbonyl (C=O) groups excluding carboxylic acids is 1. The molecule has 3 heterocycles. The van der Waals surface area contributed by atoms with E-state index in [1.165, 1.54) is 11.6 Å². The lowest BCUT2D eigenvalue weighted by molar-refractivity contribution is 0.0617. The van der Waals surface area contributed by atoms with E-state index in [0.717, 1.165) is 11.0 Å². The maximum absolute atomic E-state index is 12.8. The van der Waals surface area contributed by atoms with Crippen LogP contribution >= 0.6 is 0 Å². The van der Waals surface area contributed by atoms with Crippen LogP contribution in [-0.2, 0) is 14.1 Å². The highest BCUT2D eigenvalue weighted by molar-refractivity contribution is 5.94. The molecule has 3 rings (SSSR count). The summed E-state index contributed by atoms with van der Waals surface area (Å²) in [5.41, 5.74) is -0.344. The average Bonchev–Trinajstić information content (AvgIpc) is 2.56. The Balaban J connectivity index is 2.07. The van der Waals surface area contributed by atoms with Gasteiger partial charge in [0.15, 0.2) is 0 Å². The van der Waals surface area contributed by atoms with Crippen molar-refractivity contribution in [2.45, 2.75) is 20.3 Å². The maximum Gasteiger partial charge on any atom is 0.332 e. The largest absolute Gasteiger partial charge is 0.337 e. The molecule has 2 aromatic rings. The molecule has 1 aliphatic rings. The maximum atomic E-state index is 12.8. The molecule has 24 heavy (non-hydrogen) atoms. The molecular formula is C17H22N4O3. The van der Waals surface area contributed by atoms with Crippen LogP contribution in [0.2, 0.25) is 0 Å². The fourth-order valence-electron chi connectivity index (χ4n) is 3.56. The smallest absolute Gasteiger partial charge is 0.332 e. The molecule has 7 nitrogen and oxygen atoms in total. The zero-order valence-corrected chi connectivity index (χ0v) is 14.4. The van der Waals surface area contributed by atoms with Crippen LogP contribution in [0.5, 0.6) is 0 Å². The molecular weight excluding hydrogens is 308 g/mol. The van der Waals surface area contributed by atoms with Crippen molar-refractivity contribution in [3.8, 4) is 0 Å². The monoisotopic (exact) mass is 330 g/mol. The number of piperidine rings is 1. The van der Waals surface area contributed by atoms with E-state index in [1.54, 1.807) is 19.2 Å². The number of likely N-dealkylation sites (tertiary alicyclic amines) is 1. The molecule has 0 aliphatic carbocycles. The number of hydrogen-bond acceptors (Lipinski definition) is 4. The average molecular weight is 330 g/mol. The van der Waals surface area contributed by atoms with Crippen LogP contribution in [0.15, 0.2) is 21.7 Å². The number of pyridine rings is 1. The van der Waals surface area contributed by atoms with Crippen LogP contribution in [0, 0.1) is 11.8 Å². The molecule has 128 valence electrons. The number of fused-ring (bicyclic) bond motifs is 1. The zero-order chi connectivity index (χ0) is 17.6. The van der Waals surface area contributed by atoms with Crippen molar-refractivity contribution in [3.05, 3.63) is 38.7 Å². The summed E-state index contributed by atoms with van der Waals surface area (Å²) in [5.74, 6) is 0.757. The number of aryl methyl sites for hydroxylation is 1. The molecule has 0 unspecified atom stereocenters. The van der Waals surface area contributed by atoms with Gasteiger partial charge < -0.3 is 4.90 Å². The third-order valence-electron chi connectivity index (χ3n) is 4.68. The third-order valence-corrected chi connectivity index (χ3v) is 4.68. The van der Waals surface area contributed by atoms with E-state index in [9.17, 15) is 14.4 Å². The lowest BCUT2D eigenvalue weighted by atomic mass is 9.92. The van der Waals surface area contributed by atoms with Gasteiger partial charge in [-0.3, -0.25) is 18.7 Å². The Labute approximate surface area is 139 Å². The van der Waals surface area contributed by atoms with Crippen LogP contribution in [0.4, 0.5) is 0 Å². The summed E-state index contributed by atoms with van der Waals surface area (Å²) in [6.45, 7) is 5.69. The van der Waals surface area contributed by atoms with Gasteiger partial charge in [-0.1, -0.05) is 13.8 Å². The van der Waals surface area contributed by atoms with E-state index >= 15 is 0 Å². The molecule has 0 aromatic carbocycles. The Morgan fingerprint density at radius 1 is 1.08 bits per heavy atom. The fraction of sp³-hybridized carbons (Fsp3) is 0.529. The first-order valence-electron chi connectivity index (χ1n) is 8.15. The van der Waals surface area contributed by atoms with E-state index in [-0.39, 0.29) is 17.2 Å². The Morgan fingerprint density at radius 2 is 1.71 bits per heavy atom. The predicted molar refractivity (Wildman–Crippen MR) is 91.1 cm³/mol. The Bertz CT molecular complexity index is 918. The first-order valence-corrected chi connectivity index (χ1v) is 8.15. The van der Waals surface area contributed by atoms with E-state index in [1.807, 2.05) is 4.90 Å². The zero-order valence-electron chi connectivity index (χ0n) is 14.4. The van der Waals surface area contributed by atoms with Crippen LogP contribution in [0.3, 0.4) is 0 Å². The molecule has 1 aliphatic heterocycles. The van der Waals surface area contributed by atoms with Crippen molar-refractivity contribution in [2.24, 2.45) is 25.9 Å². The third kappa shape index (κ3) is 2.64. The highest BCUT2D eigenvalue weighted by Gasteiger charge is 2.27. The molecule has 1 amide bonds. The van der Waals surface area contributed by atoms with Crippen LogP contribution in [0.25, 0.3) is 11.0 Å². The summed E-state index contributed by atoms with van der Waals surface area (Å²) in [5, 5.41) is 0.330. The number of nitrogens with zero attached hydrogens (tertiary/aromatic N) is 4. The number of aromatic nitrogens is 3. The Hall–Kier alpha value is -2.44. The van der Waals surface area contributed by atoms with Gasteiger partial charge in [0.2, 0.25) is 0 Å². The molecule has 1 saturated heterocycles. The first-order chi connectivity index (χ1) is 11.3. The second-order valence-electron chi connectivity index (χ2n) is 6.93. The Kier molecular flexibility index (Phi) is 4.03. The SMILES string of the molecule is C[C@H]1C[C@H](C)CN(C(=O)c2ccc3c(=O)n(C)c(=O)n(C)c3n2)C1. The van der Waals surface area contributed by atoms with Crippen LogP contribution in [0.1, 0.15) is 30.8 Å². The van der Waals surface area contributed by atoms with Gasteiger partial charge in [0.25, 0.3) is 11.5 Å². The van der Waals surface area contributed by atoms with Gasteiger partial charge in [-0.2, -0.15) is 0 Å². The quantitative estimate of drug-likeness (QED) is 0.773.